The van der Waals surface area contributed by atoms with Gasteiger partial charge in [-0.25, -0.2) is 0 Å². The van der Waals surface area contributed by atoms with Gasteiger partial charge in [-0.05, 0) is 0 Å². The van der Waals surface area contributed by atoms with E-state index in [0.717, 1.165) is 0 Å². The summed E-state index contributed by atoms with van der Waals surface area (Å²) in [7, 11) is 1.24. The summed E-state index contributed by atoms with van der Waals surface area (Å²) in [5.74, 6) is -0.838. The molecule has 0 spiro atoms. The Labute approximate surface area is 79.6 Å². The fourth-order valence-electron chi connectivity index (χ4n) is 0.797. The molecule has 0 aliphatic heterocycles. The van der Waals surface area contributed by atoms with Crippen LogP contribution >= 0.6 is 0 Å². The minimum atomic E-state index is -0.527. The molecule has 7 nitrogen and oxygen atoms in total. The predicted molar refractivity (Wildman–Crippen MR) is 47.3 cm³/mol. The highest BCUT2D eigenvalue weighted by Crippen LogP contribution is 2.04. The summed E-state index contributed by atoms with van der Waals surface area (Å²) in [6, 6.07) is 0. The highest BCUT2D eigenvalue weighted by Gasteiger charge is 2.12. The fraction of sp³-hybridized carbons (Fsp3) is 0.286. The molecule has 1 rings (SSSR count). The Kier molecular flexibility index (Phi) is 3.05. The molecule has 1 aromatic rings. The molecule has 4 N–H and O–H groups in total. The van der Waals surface area contributed by atoms with Crippen molar-refractivity contribution in [1.29, 1.82) is 0 Å². The van der Waals surface area contributed by atoms with Crippen LogP contribution in [0.3, 0.4) is 0 Å². The van der Waals surface area contributed by atoms with E-state index < -0.39 is 11.9 Å². The van der Waals surface area contributed by atoms with Crippen molar-refractivity contribution in [2.45, 2.75) is 0 Å². The SMILES string of the molecule is COC(=O)CNC(=O)c1cn[nH]c1N. The van der Waals surface area contributed by atoms with Crippen LogP contribution in [0, 0.1) is 0 Å². The Morgan fingerprint density at radius 2 is 2.43 bits per heavy atom. The van der Waals surface area contributed by atoms with Gasteiger partial charge in [-0.15, -0.1) is 0 Å². The van der Waals surface area contributed by atoms with Crippen LogP contribution in [0.1, 0.15) is 10.4 Å². The summed E-state index contributed by atoms with van der Waals surface area (Å²) in [5.41, 5.74) is 5.59. The number of ether oxygens (including phenoxy) is 1. The molecule has 0 saturated heterocycles. The Balaban J connectivity index is 2.52. The topological polar surface area (TPSA) is 110 Å². The van der Waals surface area contributed by atoms with Crippen LogP contribution in [0.2, 0.25) is 0 Å². The molecule has 14 heavy (non-hydrogen) atoms. The number of esters is 1. The van der Waals surface area contributed by atoms with Crippen molar-refractivity contribution in [1.82, 2.24) is 15.5 Å². The third kappa shape index (κ3) is 2.22. The second-order valence-corrected chi connectivity index (χ2v) is 2.46. The molecule has 0 fully saturated rings. The number of amides is 1. The highest BCUT2D eigenvalue weighted by atomic mass is 16.5. The van der Waals surface area contributed by atoms with Crippen LogP contribution in [0.15, 0.2) is 6.20 Å². The van der Waals surface area contributed by atoms with E-state index in [1.807, 2.05) is 0 Å². The number of aromatic nitrogens is 2. The Bertz CT molecular complexity index is 346. The number of hydrogen-bond donors (Lipinski definition) is 3. The quantitative estimate of drug-likeness (QED) is 0.533. The lowest BCUT2D eigenvalue weighted by atomic mass is 10.3. The number of anilines is 1. The van der Waals surface area contributed by atoms with E-state index in [9.17, 15) is 9.59 Å². The molecule has 1 amide bonds. The minimum Gasteiger partial charge on any atom is -0.468 e. The number of methoxy groups -OCH3 is 1. The van der Waals surface area contributed by atoms with Gasteiger partial charge in [0.05, 0.1) is 13.3 Å². The zero-order valence-corrected chi connectivity index (χ0v) is 7.53. The molecular formula is C7H10N4O3. The molecule has 7 heteroatoms. The molecule has 0 radical (unpaired) electrons. The second-order valence-electron chi connectivity index (χ2n) is 2.46. The van der Waals surface area contributed by atoms with Crippen molar-refractivity contribution >= 4 is 17.7 Å². The van der Waals surface area contributed by atoms with Gasteiger partial charge in [0.15, 0.2) is 0 Å². The number of nitrogen functional groups attached to an aromatic ring is 1. The summed E-state index contributed by atoms with van der Waals surface area (Å²) in [6.45, 7) is -0.194. The number of nitrogens with zero attached hydrogens (tertiary/aromatic N) is 1. The molecule has 0 aliphatic rings. The van der Waals surface area contributed by atoms with E-state index >= 15 is 0 Å². The third-order valence-corrected chi connectivity index (χ3v) is 1.53. The van der Waals surface area contributed by atoms with Crippen molar-refractivity contribution in [3.8, 4) is 0 Å². The Morgan fingerprint density at radius 3 is 2.93 bits per heavy atom. The highest BCUT2D eigenvalue weighted by molar-refractivity contribution is 5.99. The number of aromatic amines is 1. The number of carbonyl (C=O) groups excluding carboxylic acids is 2. The maximum absolute atomic E-state index is 11.3. The van der Waals surface area contributed by atoms with E-state index in [2.05, 4.69) is 20.3 Å². The van der Waals surface area contributed by atoms with Crippen molar-refractivity contribution in [2.24, 2.45) is 0 Å². The maximum atomic E-state index is 11.3. The fourth-order valence-corrected chi connectivity index (χ4v) is 0.797. The molecule has 0 bridgehead atoms. The van der Waals surface area contributed by atoms with E-state index in [1.54, 1.807) is 0 Å². The summed E-state index contributed by atoms with van der Waals surface area (Å²) in [6.07, 6.45) is 1.28. The van der Waals surface area contributed by atoms with Gasteiger partial charge in [0.25, 0.3) is 5.91 Å². The molecule has 76 valence electrons. The summed E-state index contributed by atoms with van der Waals surface area (Å²) < 4.78 is 4.34. The molecule has 0 aliphatic carbocycles. The first-order valence-corrected chi connectivity index (χ1v) is 3.79. The van der Waals surface area contributed by atoms with Crippen molar-refractivity contribution < 1.29 is 14.3 Å². The Morgan fingerprint density at radius 1 is 1.71 bits per heavy atom. The zero-order chi connectivity index (χ0) is 10.6. The van der Waals surface area contributed by atoms with Crippen LogP contribution in [-0.4, -0.2) is 35.7 Å². The van der Waals surface area contributed by atoms with Crippen LogP contribution in [-0.2, 0) is 9.53 Å². The number of H-pyrrole nitrogens is 1. The largest absolute Gasteiger partial charge is 0.468 e. The average molecular weight is 198 g/mol. The number of nitrogens with one attached hydrogen (secondary N) is 2. The third-order valence-electron chi connectivity index (χ3n) is 1.53. The van der Waals surface area contributed by atoms with Crippen molar-refractivity contribution in [2.75, 3.05) is 19.4 Å². The first kappa shape index (κ1) is 10.0. The van der Waals surface area contributed by atoms with Gasteiger partial charge < -0.3 is 15.8 Å². The van der Waals surface area contributed by atoms with Crippen molar-refractivity contribution in [3.63, 3.8) is 0 Å². The lowest BCUT2D eigenvalue weighted by Gasteiger charge is -2.01. The number of nitrogens with two attached hydrogens (primary N) is 1. The normalized spacial score (nSPS) is 9.50. The Hall–Kier alpha value is -2.05. The predicted octanol–water partition coefficient (Wildman–Crippen LogP) is -1.11. The molecule has 1 aromatic heterocycles. The maximum Gasteiger partial charge on any atom is 0.325 e. The van der Waals surface area contributed by atoms with Crippen LogP contribution in [0.25, 0.3) is 0 Å². The zero-order valence-electron chi connectivity index (χ0n) is 7.53. The number of hydrogen-bond acceptors (Lipinski definition) is 5. The van der Waals surface area contributed by atoms with Crippen LogP contribution in [0.4, 0.5) is 5.82 Å². The standard InChI is InChI=1S/C7H10N4O3/c1-14-5(12)3-9-7(13)4-2-10-11-6(4)8/h2H,3H2,1H3,(H,9,13)(H3,8,10,11). The first-order valence-electron chi connectivity index (χ1n) is 3.79. The molecule has 0 aromatic carbocycles. The molecule has 0 saturated carbocycles. The first-order chi connectivity index (χ1) is 6.65. The summed E-state index contributed by atoms with van der Waals surface area (Å²) >= 11 is 0. The number of rotatable bonds is 3. The number of carbonyl (C=O) groups is 2. The van der Waals surface area contributed by atoms with Gasteiger partial charge in [0.1, 0.15) is 17.9 Å². The molecule has 1 heterocycles. The van der Waals surface area contributed by atoms with Gasteiger partial charge in [0.2, 0.25) is 0 Å². The minimum absolute atomic E-state index is 0.160. The van der Waals surface area contributed by atoms with Crippen molar-refractivity contribution in [3.05, 3.63) is 11.8 Å². The van der Waals surface area contributed by atoms with Gasteiger partial charge in [-0.3, -0.25) is 14.7 Å². The van der Waals surface area contributed by atoms with E-state index in [0.29, 0.717) is 0 Å². The van der Waals surface area contributed by atoms with E-state index in [4.69, 9.17) is 5.73 Å². The smallest absolute Gasteiger partial charge is 0.325 e. The monoisotopic (exact) mass is 198 g/mol. The molecule has 0 atom stereocenters. The van der Waals surface area contributed by atoms with Gasteiger partial charge in [-0.1, -0.05) is 0 Å². The average Bonchev–Trinajstić information content (AvgIpc) is 2.60. The lowest BCUT2D eigenvalue weighted by Crippen LogP contribution is -2.30. The van der Waals surface area contributed by atoms with Gasteiger partial charge >= 0.3 is 5.97 Å². The second kappa shape index (κ2) is 4.26. The molecule has 0 unspecified atom stereocenters. The summed E-state index contributed by atoms with van der Waals surface area (Å²) in [5, 5.41) is 8.29. The van der Waals surface area contributed by atoms with Crippen LogP contribution < -0.4 is 11.1 Å². The molecular weight excluding hydrogens is 188 g/mol. The van der Waals surface area contributed by atoms with E-state index in [-0.39, 0.29) is 17.9 Å². The van der Waals surface area contributed by atoms with Crippen LogP contribution in [0.5, 0.6) is 0 Å². The van der Waals surface area contributed by atoms with E-state index in [1.165, 1.54) is 13.3 Å². The lowest BCUT2D eigenvalue weighted by molar-refractivity contribution is -0.139. The summed E-state index contributed by atoms with van der Waals surface area (Å²) in [4.78, 5) is 22.0. The van der Waals surface area contributed by atoms with Gasteiger partial charge in [-0.2, -0.15) is 5.10 Å². The van der Waals surface area contributed by atoms with Gasteiger partial charge in [0, 0.05) is 0 Å².